The second kappa shape index (κ2) is 8.26. The summed E-state index contributed by atoms with van der Waals surface area (Å²) in [5, 5.41) is 3.26. The highest BCUT2D eigenvalue weighted by Gasteiger charge is 2.25. The second-order valence-electron chi connectivity index (χ2n) is 6.43. The molecule has 5 nitrogen and oxygen atoms in total. The smallest absolute Gasteiger partial charge is 0.319 e. The Kier molecular flexibility index (Phi) is 6.36. The van der Waals surface area contributed by atoms with Gasteiger partial charge in [0.25, 0.3) is 0 Å². The van der Waals surface area contributed by atoms with Crippen LogP contribution in [0, 0.1) is 11.8 Å². The van der Waals surface area contributed by atoms with Crippen LogP contribution in [-0.4, -0.2) is 40.0 Å². The number of aliphatic imine (C=N–C) groups is 1. The van der Waals surface area contributed by atoms with Crippen LogP contribution in [0.25, 0.3) is 0 Å². The first-order chi connectivity index (χ1) is 11.0. The fraction of sp³-hybridized carbons (Fsp3) is 0.750. The predicted octanol–water partition coefficient (Wildman–Crippen LogP) is 3.11. The van der Waals surface area contributed by atoms with Gasteiger partial charge in [-0.25, -0.2) is 9.98 Å². The Hall–Kier alpha value is -1.66. The Morgan fingerprint density at radius 3 is 2.91 bits per heavy atom. The summed E-state index contributed by atoms with van der Waals surface area (Å²) in [6.45, 7) is 6.78. The fourth-order valence-corrected chi connectivity index (χ4v) is 3.10. The number of likely N-dealkylation sites (tertiary alicyclic amines) is 1. The highest BCUT2D eigenvalue weighted by Crippen LogP contribution is 2.23. The van der Waals surface area contributed by atoms with Crippen LogP contribution in [0.1, 0.15) is 46.0 Å². The van der Waals surface area contributed by atoms with Crippen molar-refractivity contribution >= 4 is 5.96 Å². The third kappa shape index (κ3) is 4.91. The molecule has 2 heterocycles. The molecule has 1 N–H and O–H groups in total. The highest BCUT2D eigenvalue weighted by molar-refractivity contribution is 5.80. The summed E-state index contributed by atoms with van der Waals surface area (Å²) >= 11 is 0. The first-order valence-corrected chi connectivity index (χ1v) is 8.34. The van der Waals surface area contributed by atoms with Crippen molar-refractivity contribution in [2.75, 3.05) is 19.6 Å². The summed E-state index contributed by atoms with van der Waals surface area (Å²) in [5.74, 6) is 2.45. The van der Waals surface area contributed by atoms with Crippen molar-refractivity contribution < 1.29 is 8.78 Å². The molecule has 0 aromatic carbocycles. The molecular formula is C16H27F2N5. The predicted molar refractivity (Wildman–Crippen MR) is 87.4 cm³/mol. The molecule has 0 radical (unpaired) electrons. The summed E-state index contributed by atoms with van der Waals surface area (Å²) in [4.78, 5) is 10.7. The lowest BCUT2D eigenvalue weighted by molar-refractivity contribution is 0.0671. The average Bonchev–Trinajstić information content (AvgIpc) is 3.11. The molecule has 2 rings (SSSR count). The van der Waals surface area contributed by atoms with Crippen molar-refractivity contribution in [3.63, 3.8) is 0 Å². The number of imidazole rings is 1. The molecule has 0 amide bonds. The number of hydrogen-bond donors (Lipinski definition) is 1. The second-order valence-corrected chi connectivity index (χ2v) is 6.43. The number of alkyl halides is 2. The maximum absolute atomic E-state index is 12.9. The molecule has 0 aliphatic carbocycles. The van der Waals surface area contributed by atoms with Crippen LogP contribution in [0.5, 0.6) is 0 Å². The van der Waals surface area contributed by atoms with E-state index in [1.54, 1.807) is 0 Å². The highest BCUT2D eigenvalue weighted by atomic mass is 19.3. The van der Waals surface area contributed by atoms with E-state index in [0.717, 1.165) is 36.6 Å². The summed E-state index contributed by atoms with van der Waals surface area (Å²) in [6, 6.07) is 0. The van der Waals surface area contributed by atoms with Crippen molar-refractivity contribution in [3.05, 3.63) is 18.2 Å². The summed E-state index contributed by atoms with van der Waals surface area (Å²) in [5.41, 5.74) is 0. The molecule has 1 aromatic heterocycles. The number of nitrogens with one attached hydrogen (secondary N) is 1. The van der Waals surface area contributed by atoms with Crippen molar-refractivity contribution in [2.45, 2.75) is 46.7 Å². The van der Waals surface area contributed by atoms with Gasteiger partial charge in [-0.3, -0.25) is 4.57 Å². The molecule has 1 unspecified atom stereocenters. The lowest BCUT2D eigenvalue weighted by Crippen LogP contribution is -2.40. The van der Waals surface area contributed by atoms with Gasteiger partial charge in [0.2, 0.25) is 0 Å². The van der Waals surface area contributed by atoms with E-state index >= 15 is 0 Å². The Morgan fingerprint density at radius 1 is 1.48 bits per heavy atom. The zero-order valence-corrected chi connectivity index (χ0v) is 14.2. The first-order valence-electron chi connectivity index (χ1n) is 8.34. The van der Waals surface area contributed by atoms with E-state index in [4.69, 9.17) is 0 Å². The van der Waals surface area contributed by atoms with E-state index in [9.17, 15) is 8.78 Å². The molecular weight excluding hydrogens is 300 g/mol. The lowest BCUT2D eigenvalue weighted by Gasteiger charge is -2.22. The quantitative estimate of drug-likeness (QED) is 0.645. The van der Waals surface area contributed by atoms with E-state index in [1.165, 1.54) is 18.8 Å². The zero-order valence-electron chi connectivity index (χ0n) is 14.2. The molecule has 7 heteroatoms. The topological polar surface area (TPSA) is 45.5 Å². The molecule has 1 atom stereocenters. The molecule has 1 fully saturated rings. The maximum Gasteiger partial charge on any atom is 0.319 e. The Bertz CT molecular complexity index is 512. The summed E-state index contributed by atoms with van der Waals surface area (Å²) < 4.78 is 26.6. The standard InChI is InChI=1S/C16H27F2N5/c1-4-19-16(22-7-5-13(11-22)9-12(2)3)21-10-14-20-6-8-23(14)15(17)18/h6,8,12-13,15H,4-5,7,9-11H2,1-3H3,(H,19,21). The molecule has 130 valence electrons. The van der Waals surface area contributed by atoms with Gasteiger partial charge in [-0.15, -0.1) is 0 Å². The van der Waals surface area contributed by atoms with Gasteiger partial charge in [0.1, 0.15) is 12.4 Å². The van der Waals surface area contributed by atoms with Crippen LogP contribution in [0.4, 0.5) is 8.78 Å². The minimum Gasteiger partial charge on any atom is -0.357 e. The van der Waals surface area contributed by atoms with Crippen LogP contribution < -0.4 is 5.32 Å². The minimum absolute atomic E-state index is 0.158. The molecule has 1 aliphatic rings. The van der Waals surface area contributed by atoms with Crippen molar-refractivity contribution in [1.29, 1.82) is 0 Å². The number of nitrogens with zero attached hydrogens (tertiary/aromatic N) is 4. The third-order valence-electron chi connectivity index (χ3n) is 4.05. The van der Waals surface area contributed by atoms with Crippen LogP contribution in [-0.2, 0) is 6.54 Å². The first kappa shape index (κ1) is 17.7. The normalized spacial score (nSPS) is 19.2. The molecule has 23 heavy (non-hydrogen) atoms. The van der Waals surface area contributed by atoms with Gasteiger partial charge in [-0.05, 0) is 31.6 Å². The number of guanidine groups is 1. The minimum atomic E-state index is -2.58. The summed E-state index contributed by atoms with van der Waals surface area (Å²) in [6.07, 6.45) is 5.05. The number of aromatic nitrogens is 2. The van der Waals surface area contributed by atoms with Crippen LogP contribution in [0.2, 0.25) is 0 Å². The number of hydrogen-bond acceptors (Lipinski definition) is 2. The Morgan fingerprint density at radius 2 is 2.26 bits per heavy atom. The fourth-order valence-electron chi connectivity index (χ4n) is 3.10. The van der Waals surface area contributed by atoms with Crippen LogP contribution in [0.15, 0.2) is 17.4 Å². The Labute approximate surface area is 136 Å². The van der Waals surface area contributed by atoms with Crippen molar-refractivity contribution in [2.24, 2.45) is 16.8 Å². The van der Waals surface area contributed by atoms with Gasteiger partial charge < -0.3 is 10.2 Å². The van der Waals surface area contributed by atoms with E-state index in [0.29, 0.717) is 11.8 Å². The number of rotatable bonds is 6. The van der Waals surface area contributed by atoms with Crippen molar-refractivity contribution in [1.82, 2.24) is 19.8 Å². The van der Waals surface area contributed by atoms with E-state index < -0.39 is 6.55 Å². The van der Waals surface area contributed by atoms with Gasteiger partial charge in [-0.2, -0.15) is 8.78 Å². The molecule has 1 saturated heterocycles. The van der Waals surface area contributed by atoms with Gasteiger partial charge in [0.05, 0.1) is 0 Å². The molecule has 0 saturated carbocycles. The van der Waals surface area contributed by atoms with E-state index in [2.05, 4.69) is 34.0 Å². The SMILES string of the molecule is CCNC(=NCc1nccn1C(F)F)N1CCC(CC(C)C)C1. The van der Waals surface area contributed by atoms with E-state index in [1.807, 2.05) is 6.92 Å². The van der Waals surface area contributed by atoms with Gasteiger partial charge in [-0.1, -0.05) is 13.8 Å². The molecule has 0 spiro atoms. The van der Waals surface area contributed by atoms with Gasteiger partial charge in [0.15, 0.2) is 5.96 Å². The maximum atomic E-state index is 12.9. The van der Waals surface area contributed by atoms with Crippen LogP contribution >= 0.6 is 0 Å². The van der Waals surface area contributed by atoms with Gasteiger partial charge in [0, 0.05) is 32.0 Å². The summed E-state index contributed by atoms with van der Waals surface area (Å²) in [7, 11) is 0. The average molecular weight is 327 g/mol. The zero-order chi connectivity index (χ0) is 16.8. The molecule has 1 aromatic rings. The third-order valence-corrected chi connectivity index (χ3v) is 4.05. The Balaban J connectivity index is 2.02. The monoisotopic (exact) mass is 327 g/mol. The lowest BCUT2D eigenvalue weighted by atomic mass is 9.97. The van der Waals surface area contributed by atoms with Crippen molar-refractivity contribution in [3.8, 4) is 0 Å². The van der Waals surface area contributed by atoms with E-state index in [-0.39, 0.29) is 12.4 Å². The number of halogens is 2. The largest absolute Gasteiger partial charge is 0.357 e. The van der Waals surface area contributed by atoms with Crippen LogP contribution in [0.3, 0.4) is 0 Å². The van der Waals surface area contributed by atoms with Gasteiger partial charge >= 0.3 is 6.55 Å². The molecule has 1 aliphatic heterocycles. The molecule has 0 bridgehead atoms.